The predicted molar refractivity (Wildman–Crippen MR) is 65.9 cm³/mol. The second kappa shape index (κ2) is 4.07. The smallest absolute Gasteiger partial charge is 0.137 e. The normalized spacial score (nSPS) is 18.1. The molecule has 2 N–H and O–H groups in total. The number of hydrogen-bond donors (Lipinski definition) is 2. The minimum atomic E-state index is 0.634. The number of piperidine rings is 1. The van der Waals surface area contributed by atoms with Crippen molar-refractivity contribution in [3.8, 4) is 0 Å². The molecule has 0 saturated carbocycles. The quantitative estimate of drug-likeness (QED) is 0.798. The van der Waals surface area contributed by atoms with Crippen LogP contribution in [0.15, 0.2) is 18.3 Å². The SMILES string of the molecule is Clc1cnc2[nH]c(C3CCNCC3)cc2c1. The van der Waals surface area contributed by atoms with E-state index in [9.17, 15) is 0 Å². The maximum Gasteiger partial charge on any atom is 0.137 e. The number of hydrogen-bond acceptors (Lipinski definition) is 2. The van der Waals surface area contributed by atoms with Gasteiger partial charge in [0.15, 0.2) is 0 Å². The highest BCUT2D eigenvalue weighted by molar-refractivity contribution is 6.31. The van der Waals surface area contributed by atoms with Gasteiger partial charge in [-0.3, -0.25) is 0 Å². The lowest BCUT2D eigenvalue weighted by Gasteiger charge is -2.21. The van der Waals surface area contributed by atoms with Crippen LogP contribution in [0.2, 0.25) is 5.02 Å². The van der Waals surface area contributed by atoms with Gasteiger partial charge in [-0.15, -0.1) is 0 Å². The van der Waals surface area contributed by atoms with E-state index >= 15 is 0 Å². The highest BCUT2D eigenvalue weighted by Gasteiger charge is 2.17. The lowest BCUT2D eigenvalue weighted by molar-refractivity contribution is 0.455. The summed E-state index contributed by atoms with van der Waals surface area (Å²) in [6, 6.07) is 4.15. The molecule has 84 valence electrons. The summed E-state index contributed by atoms with van der Waals surface area (Å²) < 4.78 is 0. The molecule has 3 nitrogen and oxygen atoms in total. The second-order valence-electron chi connectivity index (χ2n) is 4.34. The second-order valence-corrected chi connectivity index (χ2v) is 4.78. The van der Waals surface area contributed by atoms with Gasteiger partial charge in [0.25, 0.3) is 0 Å². The Morgan fingerprint density at radius 2 is 2.06 bits per heavy atom. The molecule has 0 aromatic carbocycles. The van der Waals surface area contributed by atoms with Gasteiger partial charge in [-0.05, 0) is 38.1 Å². The van der Waals surface area contributed by atoms with Gasteiger partial charge in [-0.25, -0.2) is 4.98 Å². The van der Waals surface area contributed by atoms with Gasteiger partial charge in [0.2, 0.25) is 0 Å². The molecule has 4 heteroatoms. The minimum Gasteiger partial charge on any atom is -0.343 e. The first-order valence-electron chi connectivity index (χ1n) is 5.68. The molecule has 2 aromatic rings. The molecular formula is C12H14ClN3. The fraction of sp³-hybridized carbons (Fsp3) is 0.417. The summed E-state index contributed by atoms with van der Waals surface area (Å²) in [6.07, 6.45) is 4.08. The van der Waals surface area contributed by atoms with Gasteiger partial charge in [0, 0.05) is 23.2 Å². The number of nitrogens with one attached hydrogen (secondary N) is 2. The van der Waals surface area contributed by atoms with Gasteiger partial charge >= 0.3 is 0 Å². The van der Waals surface area contributed by atoms with E-state index in [4.69, 9.17) is 11.6 Å². The van der Waals surface area contributed by atoms with Gasteiger partial charge < -0.3 is 10.3 Å². The highest BCUT2D eigenvalue weighted by atomic mass is 35.5. The first-order chi connectivity index (χ1) is 7.83. The Kier molecular flexibility index (Phi) is 2.58. The molecule has 0 radical (unpaired) electrons. The Hall–Kier alpha value is -1.06. The molecule has 0 atom stereocenters. The van der Waals surface area contributed by atoms with Crippen LogP contribution >= 0.6 is 11.6 Å². The van der Waals surface area contributed by atoms with E-state index in [2.05, 4.69) is 21.4 Å². The predicted octanol–water partition coefficient (Wildman–Crippen LogP) is 2.68. The van der Waals surface area contributed by atoms with E-state index < -0.39 is 0 Å². The third-order valence-electron chi connectivity index (χ3n) is 3.24. The third kappa shape index (κ3) is 1.81. The van der Waals surface area contributed by atoms with Crippen molar-refractivity contribution in [3.63, 3.8) is 0 Å². The molecule has 1 aliphatic heterocycles. The molecule has 16 heavy (non-hydrogen) atoms. The Labute approximate surface area is 99.2 Å². The van der Waals surface area contributed by atoms with Crippen LogP contribution in [-0.2, 0) is 0 Å². The van der Waals surface area contributed by atoms with Crippen LogP contribution in [-0.4, -0.2) is 23.1 Å². The molecule has 1 saturated heterocycles. The minimum absolute atomic E-state index is 0.634. The summed E-state index contributed by atoms with van der Waals surface area (Å²) in [7, 11) is 0. The van der Waals surface area contributed by atoms with Crippen molar-refractivity contribution in [2.24, 2.45) is 0 Å². The van der Waals surface area contributed by atoms with E-state index in [1.807, 2.05) is 6.07 Å². The fourth-order valence-corrected chi connectivity index (χ4v) is 2.53. The monoisotopic (exact) mass is 235 g/mol. The molecule has 3 heterocycles. The van der Waals surface area contributed by atoms with E-state index in [-0.39, 0.29) is 0 Å². The summed E-state index contributed by atoms with van der Waals surface area (Å²) in [4.78, 5) is 7.69. The Bertz CT molecular complexity index is 500. The molecule has 0 aliphatic carbocycles. The van der Waals surface area contributed by atoms with Crippen LogP contribution in [0.4, 0.5) is 0 Å². The van der Waals surface area contributed by atoms with Crippen LogP contribution < -0.4 is 5.32 Å². The molecule has 1 aliphatic rings. The maximum absolute atomic E-state index is 5.93. The molecule has 1 fully saturated rings. The number of aromatic nitrogens is 2. The summed E-state index contributed by atoms with van der Waals surface area (Å²) >= 11 is 5.93. The van der Waals surface area contributed by atoms with Crippen molar-refractivity contribution in [2.75, 3.05) is 13.1 Å². The highest BCUT2D eigenvalue weighted by Crippen LogP contribution is 2.27. The number of halogens is 1. The zero-order valence-corrected chi connectivity index (χ0v) is 9.72. The van der Waals surface area contributed by atoms with Crippen molar-refractivity contribution in [1.29, 1.82) is 0 Å². The van der Waals surface area contributed by atoms with E-state index in [0.29, 0.717) is 10.9 Å². The van der Waals surface area contributed by atoms with Crippen molar-refractivity contribution in [3.05, 3.63) is 29.0 Å². The summed E-state index contributed by atoms with van der Waals surface area (Å²) in [6.45, 7) is 2.21. The van der Waals surface area contributed by atoms with Crippen LogP contribution in [0.1, 0.15) is 24.5 Å². The zero-order chi connectivity index (χ0) is 11.0. The zero-order valence-electron chi connectivity index (χ0n) is 8.96. The molecule has 0 spiro atoms. The number of rotatable bonds is 1. The van der Waals surface area contributed by atoms with Crippen molar-refractivity contribution < 1.29 is 0 Å². The number of aromatic amines is 1. The third-order valence-corrected chi connectivity index (χ3v) is 3.44. The van der Waals surface area contributed by atoms with Crippen LogP contribution in [0.25, 0.3) is 11.0 Å². The first kappa shape index (κ1) is 10.1. The molecule has 0 bridgehead atoms. The summed E-state index contributed by atoms with van der Waals surface area (Å²) in [5.41, 5.74) is 2.24. The Morgan fingerprint density at radius 3 is 2.88 bits per heavy atom. The Balaban J connectivity index is 1.97. The van der Waals surface area contributed by atoms with E-state index in [1.54, 1.807) is 6.20 Å². The molecule has 0 unspecified atom stereocenters. The average molecular weight is 236 g/mol. The fourth-order valence-electron chi connectivity index (χ4n) is 2.36. The topological polar surface area (TPSA) is 40.7 Å². The van der Waals surface area contributed by atoms with Gasteiger partial charge in [-0.2, -0.15) is 0 Å². The Morgan fingerprint density at radius 1 is 1.25 bits per heavy atom. The van der Waals surface area contributed by atoms with Crippen molar-refractivity contribution in [2.45, 2.75) is 18.8 Å². The number of pyridine rings is 1. The lowest BCUT2D eigenvalue weighted by Crippen LogP contribution is -2.26. The number of H-pyrrole nitrogens is 1. The van der Waals surface area contributed by atoms with Gasteiger partial charge in [-0.1, -0.05) is 11.6 Å². The van der Waals surface area contributed by atoms with Crippen LogP contribution in [0, 0.1) is 0 Å². The van der Waals surface area contributed by atoms with Gasteiger partial charge in [0.1, 0.15) is 5.65 Å². The van der Waals surface area contributed by atoms with E-state index in [0.717, 1.165) is 24.1 Å². The standard InChI is InChI=1S/C12H14ClN3/c13-10-5-9-6-11(16-12(9)15-7-10)8-1-3-14-4-2-8/h5-8,14H,1-4H2,(H,15,16). The van der Waals surface area contributed by atoms with E-state index in [1.165, 1.54) is 18.5 Å². The maximum atomic E-state index is 5.93. The lowest BCUT2D eigenvalue weighted by atomic mass is 9.95. The first-order valence-corrected chi connectivity index (χ1v) is 6.05. The molecule has 0 amide bonds. The molecular weight excluding hydrogens is 222 g/mol. The van der Waals surface area contributed by atoms with Crippen molar-refractivity contribution in [1.82, 2.24) is 15.3 Å². The number of nitrogens with zero attached hydrogens (tertiary/aromatic N) is 1. The number of fused-ring (bicyclic) bond motifs is 1. The van der Waals surface area contributed by atoms with Crippen LogP contribution in [0.5, 0.6) is 0 Å². The van der Waals surface area contributed by atoms with Crippen LogP contribution in [0.3, 0.4) is 0 Å². The molecule has 3 rings (SSSR count). The summed E-state index contributed by atoms with van der Waals surface area (Å²) in [5.74, 6) is 0.634. The van der Waals surface area contributed by atoms with Crippen molar-refractivity contribution >= 4 is 22.6 Å². The largest absolute Gasteiger partial charge is 0.343 e. The molecule has 2 aromatic heterocycles. The summed E-state index contributed by atoms with van der Waals surface area (Å²) in [5, 5.41) is 5.19. The average Bonchev–Trinajstić information content (AvgIpc) is 2.73. The van der Waals surface area contributed by atoms with Gasteiger partial charge in [0.05, 0.1) is 5.02 Å².